The number of ether oxygens (including phenoxy) is 3. The fraction of sp³-hybridized carbons (Fsp3) is 0.929. The Morgan fingerprint density at radius 1 is 0.895 bits per heavy atom. The number of rotatable bonds is 14. The summed E-state index contributed by atoms with van der Waals surface area (Å²) >= 11 is 0. The van der Waals surface area contributed by atoms with E-state index in [0.29, 0.717) is 46.0 Å². The fourth-order valence-electron chi connectivity index (χ4n) is 1.33. The van der Waals surface area contributed by atoms with Crippen molar-refractivity contribution in [1.82, 2.24) is 5.32 Å². The average molecular weight is 277 g/mol. The van der Waals surface area contributed by atoms with E-state index in [-0.39, 0.29) is 7.33 Å². The predicted octanol–water partition coefficient (Wildman–Crippen LogP) is 2.00. The third-order valence-electron chi connectivity index (χ3n) is 2.40. The lowest BCUT2D eigenvalue weighted by Gasteiger charge is -2.07. The van der Waals surface area contributed by atoms with Gasteiger partial charge in [-0.2, -0.15) is 0 Å². The summed E-state index contributed by atoms with van der Waals surface area (Å²) in [4.78, 5) is 11.3. The Bertz CT molecular complexity index is 206. The van der Waals surface area contributed by atoms with Gasteiger partial charge in [-0.25, -0.2) is 0 Å². The SMILES string of the molecule is CCCCOCCOCCNC(=O)CCOCCC.[HH]. The highest BCUT2D eigenvalue weighted by Gasteiger charge is 1.99. The zero-order valence-electron chi connectivity index (χ0n) is 12.4. The van der Waals surface area contributed by atoms with Gasteiger partial charge in [0.05, 0.1) is 26.4 Å². The second-order valence-electron chi connectivity index (χ2n) is 4.29. The summed E-state index contributed by atoms with van der Waals surface area (Å²) in [6, 6.07) is 0. The van der Waals surface area contributed by atoms with Crippen molar-refractivity contribution < 1.29 is 20.4 Å². The Morgan fingerprint density at radius 3 is 2.26 bits per heavy atom. The topological polar surface area (TPSA) is 56.8 Å². The quantitative estimate of drug-likeness (QED) is 0.493. The molecule has 1 N–H and O–H groups in total. The third kappa shape index (κ3) is 15.3. The Kier molecular flexibility index (Phi) is 14.9. The fourth-order valence-corrected chi connectivity index (χ4v) is 1.33. The summed E-state index contributed by atoms with van der Waals surface area (Å²) < 4.78 is 15.9. The molecule has 0 radical (unpaired) electrons. The van der Waals surface area contributed by atoms with Gasteiger partial charge in [-0.3, -0.25) is 4.79 Å². The molecule has 5 nitrogen and oxygen atoms in total. The van der Waals surface area contributed by atoms with Crippen LogP contribution in [-0.2, 0) is 19.0 Å². The Hall–Kier alpha value is -0.650. The van der Waals surface area contributed by atoms with Crippen molar-refractivity contribution in [2.24, 2.45) is 0 Å². The molecule has 0 aromatic carbocycles. The highest BCUT2D eigenvalue weighted by atomic mass is 16.5. The first-order chi connectivity index (χ1) is 9.31. The van der Waals surface area contributed by atoms with Gasteiger partial charge in [0.1, 0.15) is 0 Å². The van der Waals surface area contributed by atoms with E-state index in [1.807, 2.05) is 6.92 Å². The zero-order valence-corrected chi connectivity index (χ0v) is 12.4. The number of unbranched alkanes of at least 4 members (excludes halogenated alkanes) is 1. The minimum Gasteiger partial charge on any atom is -0.381 e. The molecule has 0 bridgehead atoms. The standard InChI is InChI=1S/C14H29NO4.H2/c1-3-5-9-18-12-13-19-11-7-15-14(16)6-10-17-8-4-2;/h3-13H2,1-2H3,(H,15,16);1H. The van der Waals surface area contributed by atoms with Crippen LogP contribution in [0.4, 0.5) is 0 Å². The van der Waals surface area contributed by atoms with Crippen LogP contribution < -0.4 is 5.32 Å². The summed E-state index contributed by atoms with van der Waals surface area (Å²) in [5, 5.41) is 2.79. The first kappa shape index (κ1) is 18.4. The number of carbonyl (C=O) groups is 1. The second-order valence-corrected chi connectivity index (χ2v) is 4.29. The first-order valence-corrected chi connectivity index (χ1v) is 7.31. The molecule has 1 amide bonds. The van der Waals surface area contributed by atoms with Gasteiger partial charge in [0.25, 0.3) is 0 Å². The maximum absolute atomic E-state index is 11.3. The van der Waals surface area contributed by atoms with Gasteiger partial charge in [0.2, 0.25) is 5.91 Å². The molecule has 0 atom stereocenters. The van der Waals surface area contributed by atoms with E-state index in [1.54, 1.807) is 0 Å². The van der Waals surface area contributed by atoms with Gasteiger partial charge in [-0.1, -0.05) is 20.3 Å². The number of carbonyl (C=O) groups excluding carboxylic acids is 1. The number of hydrogen-bond donors (Lipinski definition) is 1. The summed E-state index contributed by atoms with van der Waals surface area (Å²) in [6.07, 6.45) is 3.64. The van der Waals surface area contributed by atoms with Crippen LogP contribution in [0, 0.1) is 0 Å². The van der Waals surface area contributed by atoms with Crippen molar-refractivity contribution in [3.63, 3.8) is 0 Å². The van der Waals surface area contributed by atoms with E-state index in [9.17, 15) is 4.79 Å². The molecule has 116 valence electrons. The lowest BCUT2D eigenvalue weighted by molar-refractivity contribution is -0.122. The van der Waals surface area contributed by atoms with E-state index in [0.717, 1.165) is 25.9 Å². The smallest absolute Gasteiger partial charge is 0.222 e. The minimum atomic E-state index is 0. The van der Waals surface area contributed by atoms with E-state index >= 15 is 0 Å². The number of hydrogen-bond acceptors (Lipinski definition) is 4. The second kappa shape index (κ2) is 15.4. The Morgan fingerprint density at radius 2 is 1.58 bits per heavy atom. The third-order valence-corrected chi connectivity index (χ3v) is 2.40. The van der Waals surface area contributed by atoms with Crippen LogP contribution in [0.3, 0.4) is 0 Å². The molecule has 5 heteroatoms. The van der Waals surface area contributed by atoms with E-state index in [4.69, 9.17) is 14.2 Å². The summed E-state index contributed by atoms with van der Waals surface area (Å²) in [5.74, 6) is 0.0129. The van der Waals surface area contributed by atoms with Crippen molar-refractivity contribution >= 4 is 5.91 Å². The lowest BCUT2D eigenvalue weighted by Crippen LogP contribution is -2.28. The molecule has 0 unspecified atom stereocenters. The van der Waals surface area contributed by atoms with Gasteiger partial charge < -0.3 is 19.5 Å². The maximum Gasteiger partial charge on any atom is 0.222 e. The van der Waals surface area contributed by atoms with Crippen molar-refractivity contribution in [2.75, 3.05) is 46.2 Å². The van der Waals surface area contributed by atoms with E-state index in [1.165, 1.54) is 0 Å². The molecule has 0 aromatic rings. The molecule has 0 rings (SSSR count). The molecule has 0 saturated carbocycles. The van der Waals surface area contributed by atoms with Gasteiger partial charge in [0, 0.05) is 27.6 Å². The van der Waals surface area contributed by atoms with Crippen LogP contribution in [0.15, 0.2) is 0 Å². The van der Waals surface area contributed by atoms with Crippen LogP contribution in [0.25, 0.3) is 0 Å². The summed E-state index contributed by atoms with van der Waals surface area (Å²) in [7, 11) is 0. The van der Waals surface area contributed by atoms with Crippen molar-refractivity contribution in [2.45, 2.75) is 39.5 Å². The largest absolute Gasteiger partial charge is 0.381 e. The average Bonchev–Trinajstić information content (AvgIpc) is 2.42. The molecule has 0 aliphatic heterocycles. The first-order valence-electron chi connectivity index (χ1n) is 7.31. The lowest BCUT2D eigenvalue weighted by atomic mass is 10.4. The molecular weight excluding hydrogens is 246 g/mol. The van der Waals surface area contributed by atoms with Gasteiger partial charge in [0.15, 0.2) is 0 Å². The molecule has 0 saturated heterocycles. The Balaban J connectivity index is 0. The van der Waals surface area contributed by atoms with Gasteiger partial charge >= 0.3 is 0 Å². The van der Waals surface area contributed by atoms with Crippen molar-refractivity contribution in [3.8, 4) is 0 Å². The van der Waals surface area contributed by atoms with Crippen LogP contribution in [-0.4, -0.2) is 52.1 Å². The van der Waals surface area contributed by atoms with Gasteiger partial charge in [-0.05, 0) is 12.8 Å². The van der Waals surface area contributed by atoms with Crippen LogP contribution in [0.1, 0.15) is 41.0 Å². The number of nitrogens with one attached hydrogen (secondary N) is 1. The number of amides is 1. The molecule has 0 aliphatic rings. The predicted molar refractivity (Wildman–Crippen MR) is 77.4 cm³/mol. The molecule has 0 fully saturated rings. The van der Waals surface area contributed by atoms with Crippen molar-refractivity contribution in [3.05, 3.63) is 0 Å². The minimum absolute atomic E-state index is 0. The van der Waals surface area contributed by atoms with Gasteiger partial charge in [-0.15, -0.1) is 0 Å². The van der Waals surface area contributed by atoms with Crippen LogP contribution in [0.5, 0.6) is 0 Å². The molecule has 0 spiro atoms. The van der Waals surface area contributed by atoms with Crippen LogP contribution in [0.2, 0.25) is 0 Å². The normalized spacial score (nSPS) is 10.6. The van der Waals surface area contributed by atoms with Crippen molar-refractivity contribution in [1.29, 1.82) is 0 Å². The summed E-state index contributed by atoms with van der Waals surface area (Å²) in [6.45, 7) is 8.46. The van der Waals surface area contributed by atoms with Crippen LogP contribution >= 0.6 is 0 Å². The molecular formula is C14H31NO4. The van der Waals surface area contributed by atoms with E-state index in [2.05, 4.69) is 12.2 Å². The molecule has 0 aliphatic carbocycles. The summed E-state index contributed by atoms with van der Waals surface area (Å²) in [5.41, 5.74) is 0. The Labute approximate surface area is 118 Å². The highest BCUT2D eigenvalue weighted by Crippen LogP contribution is 1.88. The maximum atomic E-state index is 11.3. The molecule has 19 heavy (non-hydrogen) atoms. The van der Waals surface area contributed by atoms with E-state index < -0.39 is 0 Å². The highest BCUT2D eigenvalue weighted by molar-refractivity contribution is 5.75. The molecule has 0 aromatic heterocycles. The molecule has 0 heterocycles. The zero-order chi connectivity index (χ0) is 14.2. The monoisotopic (exact) mass is 277 g/mol.